The second-order valence-electron chi connectivity index (χ2n) is 5.39. The van der Waals surface area contributed by atoms with E-state index in [4.69, 9.17) is 0 Å². The van der Waals surface area contributed by atoms with Crippen molar-refractivity contribution in [3.8, 4) is 0 Å². The number of fused-ring (bicyclic) bond motifs is 1. The van der Waals surface area contributed by atoms with Crippen LogP contribution in [0.1, 0.15) is 22.8 Å². The summed E-state index contributed by atoms with van der Waals surface area (Å²) >= 11 is 0. The van der Waals surface area contributed by atoms with Gasteiger partial charge in [-0.05, 0) is 29.5 Å². The average molecular weight is 280 g/mol. The highest BCUT2D eigenvalue weighted by Gasteiger charge is 2.13. The monoisotopic (exact) mass is 280 g/mol. The Hall–Kier alpha value is -2.19. The Balaban J connectivity index is 1.96. The molecule has 1 atom stereocenters. The SMILES string of the molecule is Cc1ccc(CC(O)c2ccc(F)c3ccccc23)cc1. The van der Waals surface area contributed by atoms with E-state index in [1.54, 1.807) is 12.1 Å². The van der Waals surface area contributed by atoms with Gasteiger partial charge < -0.3 is 5.11 Å². The molecule has 0 aromatic heterocycles. The standard InChI is InChI=1S/C19H17FO/c1-13-6-8-14(9-7-13)12-19(21)17-10-11-18(20)16-5-3-2-4-15(16)17/h2-11,19,21H,12H2,1H3. The highest BCUT2D eigenvalue weighted by atomic mass is 19.1. The second-order valence-corrected chi connectivity index (χ2v) is 5.39. The normalized spacial score (nSPS) is 12.5. The van der Waals surface area contributed by atoms with Crippen LogP contribution >= 0.6 is 0 Å². The smallest absolute Gasteiger partial charge is 0.131 e. The summed E-state index contributed by atoms with van der Waals surface area (Å²) in [4.78, 5) is 0. The summed E-state index contributed by atoms with van der Waals surface area (Å²) in [6.45, 7) is 2.04. The zero-order chi connectivity index (χ0) is 14.8. The fraction of sp³-hybridized carbons (Fsp3) is 0.158. The largest absolute Gasteiger partial charge is 0.388 e. The van der Waals surface area contributed by atoms with Crippen molar-refractivity contribution in [2.24, 2.45) is 0 Å². The number of aliphatic hydroxyl groups excluding tert-OH is 1. The summed E-state index contributed by atoms with van der Waals surface area (Å²) in [5.74, 6) is -0.253. The van der Waals surface area contributed by atoms with Crippen molar-refractivity contribution in [1.82, 2.24) is 0 Å². The number of hydrogen-bond donors (Lipinski definition) is 1. The van der Waals surface area contributed by atoms with Crippen LogP contribution in [0.25, 0.3) is 10.8 Å². The maximum atomic E-state index is 13.8. The van der Waals surface area contributed by atoms with Crippen LogP contribution in [0.2, 0.25) is 0 Å². The van der Waals surface area contributed by atoms with Gasteiger partial charge in [0.1, 0.15) is 5.82 Å². The van der Waals surface area contributed by atoms with Gasteiger partial charge in [-0.1, -0.05) is 60.2 Å². The Labute approximate surface area is 123 Å². The van der Waals surface area contributed by atoms with Gasteiger partial charge in [-0.15, -0.1) is 0 Å². The first-order chi connectivity index (χ1) is 10.1. The molecule has 1 N–H and O–H groups in total. The van der Waals surface area contributed by atoms with Crippen LogP contribution < -0.4 is 0 Å². The van der Waals surface area contributed by atoms with Crippen LogP contribution in [0, 0.1) is 12.7 Å². The van der Waals surface area contributed by atoms with Crippen molar-refractivity contribution in [3.63, 3.8) is 0 Å². The van der Waals surface area contributed by atoms with Gasteiger partial charge in [0.2, 0.25) is 0 Å². The predicted molar refractivity (Wildman–Crippen MR) is 83.7 cm³/mol. The molecule has 1 unspecified atom stereocenters. The maximum Gasteiger partial charge on any atom is 0.131 e. The third kappa shape index (κ3) is 2.81. The molecule has 0 saturated carbocycles. The molecule has 0 saturated heterocycles. The van der Waals surface area contributed by atoms with E-state index in [9.17, 15) is 9.50 Å². The minimum atomic E-state index is -0.641. The Morgan fingerprint density at radius 3 is 2.29 bits per heavy atom. The van der Waals surface area contributed by atoms with Crippen molar-refractivity contribution < 1.29 is 9.50 Å². The molecule has 2 heteroatoms. The summed E-state index contributed by atoms with van der Waals surface area (Å²) in [6, 6.07) is 18.5. The van der Waals surface area contributed by atoms with E-state index >= 15 is 0 Å². The molecule has 21 heavy (non-hydrogen) atoms. The topological polar surface area (TPSA) is 20.2 Å². The first-order valence-corrected chi connectivity index (χ1v) is 7.06. The van der Waals surface area contributed by atoms with E-state index in [1.807, 2.05) is 49.4 Å². The van der Waals surface area contributed by atoms with E-state index in [-0.39, 0.29) is 5.82 Å². The van der Waals surface area contributed by atoms with Crippen molar-refractivity contribution in [3.05, 3.63) is 83.2 Å². The van der Waals surface area contributed by atoms with Crippen LogP contribution in [-0.4, -0.2) is 5.11 Å². The van der Waals surface area contributed by atoms with Crippen LogP contribution in [0.4, 0.5) is 4.39 Å². The van der Waals surface area contributed by atoms with E-state index < -0.39 is 6.10 Å². The molecule has 0 aliphatic heterocycles. The minimum absolute atomic E-state index is 0.253. The van der Waals surface area contributed by atoms with Crippen LogP contribution in [0.3, 0.4) is 0 Å². The molecule has 1 nitrogen and oxygen atoms in total. The summed E-state index contributed by atoms with van der Waals surface area (Å²) in [7, 11) is 0. The second kappa shape index (κ2) is 5.66. The first-order valence-electron chi connectivity index (χ1n) is 7.06. The predicted octanol–water partition coefficient (Wildman–Crippen LogP) is 4.56. The molecule has 3 aromatic rings. The molecule has 0 spiro atoms. The van der Waals surface area contributed by atoms with Crippen LogP contribution in [0.5, 0.6) is 0 Å². The van der Waals surface area contributed by atoms with Gasteiger partial charge >= 0.3 is 0 Å². The third-order valence-electron chi connectivity index (χ3n) is 3.81. The molecule has 0 amide bonds. The number of hydrogen-bond acceptors (Lipinski definition) is 1. The molecule has 0 radical (unpaired) electrons. The first kappa shape index (κ1) is 13.8. The number of halogens is 1. The summed E-state index contributed by atoms with van der Waals surface area (Å²) in [5, 5.41) is 11.8. The lowest BCUT2D eigenvalue weighted by molar-refractivity contribution is 0.180. The van der Waals surface area contributed by atoms with E-state index in [0.717, 1.165) is 16.5 Å². The highest BCUT2D eigenvalue weighted by molar-refractivity contribution is 5.86. The van der Waals surface area contributed by atoms with Gasteiger partial charge in [-0.2, -0.15) is 0 Å². The zero-order valence-electron chi connectivity index (χ0n) is 11.9. The van der Waals surface area contributed by atoms with Crippen molar-refractivity contribution >= 4 is 10.8 Å². The van der Waals surface area contributed by atoms with Gasteiger partial charge in [-0.3, -0.25) is 0 Å². The molecule has 0 aliphatic rings. The molecule has 0 aliphatic carbocycles. The van der Waals surface area contributed by atoms with E-state index in [2.05, 4.69) is 0 Å². The quantitative estimate of drug-likeness (QED) is 0.745. The highest BCUT2D eigenvalue weighted by Crippen LogP contribution is 2.28. The Morgan fingerprint density at radius 2 is 1.57 bits per heavy atom. The molecular weight excluding hydrogens is 263 g/mol. The zero-order valence-corrected chi connectivity index (χ0v) is 11.9. The minimum Gasteiger partial charge on any atom is -0.388 e. The summed E-state index contributed by atoms with van der Waals surface area (Å²) < 4.78 is 13.8. The van der Waals surface area contributed by atoms with Crippen molar-refractivity contribution in [2.75, 3.05) is 0 Å². The van der Waals surface area contributed by atoms with E-state index in [1.165, 1.54) is 11.6 Å². The summed E-state index contributed by atoms with van der Waals surface area (Å²) in [5.41, 5.74) is 3.04. The average Bonchev–Trinajstić information content (AvgIpc) is 2.50. The molecule has 3 aromatic carbocycles. The number of aliphatic hydroxyl groups is 1. The maximum absolute atomic E-state index is 13.8. The molecule has 0 bridgehead atoms. The van der Waals surface area contributed by atoms with Crippen LogP contribution in [-0.2, 0) is 6.42 Å². The van der Waals surface area contributed by atoms with E-state index in [0.29, 0.717) is 11.8 Å². The van der Waals surface area contributed by atoms with Crippen molar-refractivity contribution in [1.29, 1.82) is 0 Å². The van der Waals surface area contributed by atoms with Crippen LogP contribution in [0.15, 0.2) is 60.7 Å². The number of benzene rings is 3. The van der Waals surface area contributed by atoms with Gasteiger partial charge in [0.05, 0.1) is 6.10 Å². The molecule has 0 fully saturated rings. The molecular formula is C19H17FO. The van der Waals surface area contributed by atoms with Gasteiger partial charge in [-0.25, -0.2) is 4.39 Å². The Morgan fingerprint density at radius 1 is 0.905 bits per heavy atom. The number of aryl methyl sites for hydroxylation is 1. The Kier molecular flexibility index (Phi) is 3.72. The Bertz CT molecular complexity index is 762. The molecule has 106 valence electrons. The number of rotatable bonds is 3. The summed E-state index contributed by atoms with van der Waals surface area (Å²) in [6.07, 6.45) is -0.117. The molecule has 0 heterocycles. The lowest BCUT2D eigenvalue weighted by Gasteiger charge is -2.14. The fourth-order valence-corrected chi connectivity index (χ4v) is 2.63. The fourth-order valence-electron chi connectivity index (χ4n) is 2.63. The van der Waals surface area contributed by atoms with Crippen molar-refractivity contribution in [2.45, 2.75) is 19.4 Å². The molecule has 3 rings (SSSR count). The van der Waals surface area contributed by atoms with Gasteiger partial charge in [0, 0.05) is 11.8 Å². The lowest BCUT2D eigenvalue weighted by atomic mass is 9.95. The van der Waals surface area contributed by atoms with Gasteiger partial charge in [0.15, 0.2) is 0 Å². The lowest BCUT2D eigenvalue weighted by Crippen LogP contribution is -2.03. The third-order valence-corrected chi connectivity index (χ3v) is 3.81. The van der Waals surface area contributed by atoms with Gasteiger partial charge in [0.25, 0.3) is 0 Å².